The van der Waals surface area contributed by atoms with Gasteiger partial charge in [0, 0.05) is 18.8 Å². The van der Waals surface area contributed by atoms with Gasteiger partial charge in [0.15, 0.2) is 0 Å². The number of nitrogens with two attached hydrogens (primary N) is 1. The molecule has 2 rings (SSSR count). The summed E-state index contributed by atoms with van der Waals surface area (Å²) in [5.74, 6) is -1.09. The Morgan fingerprint density at radius 1 is 1.20 bits per heavy atom. The Morgan fingerprint density at radius 3 is 2.35 bits per heavy atom. The third-order valence-electron chi connectivity index (χ3n) is 3.97. The topological polar surface area (TPSA) is 83.6 Å². The number of aromatic carboxylic acids is 1. The molecule has 5 heteroatoms. The highest BCUT2D eigenvalue weighted by Gasteiger charge is 2.30. The summed E-state index contributed by atoms with van der Waals surface area (Å²) in [5.41, 5.74) is 6.94. The molecule has 1 aromatic carbocycles. The first kappa shape index (κ1) is 14.5. The van der Waals surface area contributed by atoms with Gasteiger partial charge in [-0.2, -0.15) is 0 Å². The fourth-order valence-corrected chi connectivity index (χ4v) is 2.67. The van der Waals surface area contributed by atoms with Crippen LogP contribution >= 0.6 is 0 Å². The molecule has 0 spiro atoms. The summed E-state index contributed by atoms with van der Waals surface area (Å²) < 4.78 is 0. The number of amides is 1. The van der Waals surface area contributed by atoms with Crippen LogP contribution < -0.4 is 10.6 Å². The second kappa shape index (κ2) is 6.05. The summed E-state index contributed by atoms with van der Waals surface area (Å²) in [5, 5.41) is 8.87. The Hall–Kier alpha value is -1.88. The van der Waals surface area contributed by atoms with Gasteiger partial charge < -0.3 is 15.7 Å². The van der Waals surface area contributed by atoms with E-state index in [-0.39, 0.29) is 23.4 Å². The highest BCUT2D eigenvalue weighted by molar-refractivity contribution is 5.95. The lowest BCUT2D eigenvalue weighted by Crippen LogP contribution is -2.44. The molecule has 2 atom stereocenters. The molecule has 1 saturated carbocycles. The number of carbonyl (C=O) groups is 2. The maximum absolute atomic E-state index is 12.5. The smallest absolute Gasteiger partial charge is 0.335 e. The molecule has 1 aliphatic rings. The first-order chi connectivity index (χ1) is 9.50. The molecule has 0 aromatic heterocycles. The van der Waals surface area contributed by atoms with E-state index in [2.05, 4.69) is 0 Å². The van der Waals surface area contributed by atoms with Crippen molar-refractivity contribution in [3.05, 3.63) is 29.8 Å². The van der Waals surface area contributed by atoms with Crippen LogP contribution in [0.3, 0.4) is 0 Å². The molecule has 3 N–H and O–H groups in total. The zero-order valence-corrected chi connectivity index (χ0v) is 11.6. The minimum atomic E-state index is -0.972. The number of nitrogens with zero attached hydrogens (tertiary/aromatic N) is 1. The molecule has 1 aliphatic carbocycles. The van der Waals surface area contributed by atoms with Gasteiger partial charge in [0.2, 0.25) is 5.91 Å². The molecule has 5 nitrogen and oxygen atoms in total. The third kappa shape index (κ3) is 2.99. The van der Waals surface area contributed by atoms with Crippen molar-refractivity contribution in [2.75, 3.05) is 11.9 Å². The van der Waals surface area contributed by atoms with Gasteiger partial charge in [0.25, 0.3) is 0 Å². The van der Waals surface area contributed by atoms with E-state index in [1.165, 1.54) is 12.1 Å². The van der Waals surface area contributed by atoms with E-state index < -0.39 is 5.97 Å². The van der Waals surface area contributed by atoms with Crippen molar-refractivity contribution in [2.24, 2.45) is 11.7 Å². The number of carboxylic acid groups (broad SMARTS) is 1. The maximum Gasteiger partial charge on any atom is 0.335 e. The molecular formula is C15H20N2O3. The maximum atomic E-state index is 12.5. The third-order valence-corrected chi connectivity index (χ3v) is 3.97. The second-order valence-corrected chi connectivity index (χ2v) is 5.30. The summed E-state index contributed by atoms with van der Waals surface area (Å²) >= 11 is 0. The Morgan fingerprint density at radius 2 is 1.80 bits per heavy atom. The van der Waals surface area contributed by atoms with Crippen LogP contribution in [0.15, 0.2) is 24.3 Å². The highest BCUT2D eigenvalue weighted by atomic mass is 16.4. The van der Waals surface area contributed by atoms with Crippen molar-refractivity contribution in [1.29, 1.82) is 0 Å². The van der Waals surface area contributed by atoms with E-state index in [4.69, 9.17) is 10.8 Å². The number of hydrogen-bond acceptors (Lipinski definition) is 3. The van der Waals surface area contributed by atoms with E-state index in [1.807, 2.05) is 0 Å². The van der Waals surface area contributed by atoms with Gasteiger partial charge >= 0.3 is 5.97 Å². The summed E-state index contributed by atoms with van der Waals surface area (Å²) in [6.07, 6.45) is 3.84. The summed E-state index contributed by atoms with van der Waals surface area (Å²) in [6, 6.07) is 6.23. The van der Waals surface area contributed by atoms with Crippen LogP contribution in [0.25, 0.3) is 0 Å². The Labute approximate surface area is 118 Å². The van der Waals surface area contributed by atoms with Crippen LogP contribution in [0.5, 0.6) is 0 Å². The number of carboxylic acids is 1. The minimum Gasteiger partial charge on any atom is -0.478 e. The van der Waals surface area contributed by atoms with Gasteiger partial charge in [-0.1, -0.05) is 12.8 Å². The number of anilines is 1. The predicted molar refractivity (Wildman–Crippen MR) is 76.7 cm³/mol. The molecule has 0 aliphatic heterocycles. The van der Waals surface area contributed by atoms with Crippen LogP contribution in [-0.2, 0) is 4.79 Å². The summed E-state index contributed by atoms with van der Waals surface area (Å²) in [7, 11) is 1.71. The number of hydrogen-bond donors (Lipinski definition) is 2. The summed E-state index contributed by atoms with van der Waals surface area (Å²) in [4.78, 5) is 24.8. The van der Waals surface area contributed by atoms with Crippen molar-refractivity contribution in [3.63, 3.8) is 0 Å². The zero-order valence-electron chi connectivity index (χ0n) is 11.6. The van der Waals surface area contributed by atoms with Crippen molar-refractivity contribution in [1.82, 2.24) is 0 Å². The monoisotopic (exact) mass is 276 g/mol. The largest absolute Gasteiger partial charge is 0.478 e. The van der Waals surface area contributed by atoms with E-state index in [9.17, 15) is 9.59 Å². The van der Waals surface area contributed by atoms with Crippen molar-refractivity contribution in [3.8, 4) is 0 Å². The van der Waals surface area contributed by atoms with Crippen molar-refractivity contribution in [2.45, 2.75) is 31.7 Å². The van der Waals surface area contributed by atoms with Crippen LogP contribution in [-0.4, -0.2) is 30.1 Å². The average molecular weight is 276 g/mol. The lowest BCUT2D eigenvalue weighted by molar-refractivity contribution is -0.123. The van der Waals surface area contributed by atoms with Crippen molar-refractivity contribution >= 4 is 17.6 Å². The van der Waals surface area contributed by atoms with Gasteiger partial charge in [-0.15, -0.1) is 0 Å². The molecule has 0 saturated heterocycles. The van der Waals surface area contributed by atoms with E-state index >= 15 is 0 Å². The van der Waals surface area contributed by atoms with E-state index in [1.54, 1.807) is 24.1 Å². The Kier molecular flexibility index (Phi) is 4.39. The fourth-order valence-electron chi connectivity index (χ4n) is 2.67. The van der Waals surface area contributed by atoms with Gasteiger partial charge in [0.05, 0.1) is 11.5 Å². The summed E-state index contributed by atoms with van der Waals surface area (Å²) in [6.45, 7) is 0. The lowest BCUT2D eigenvalue weighted by Gasteiger charge is -2.31. The van der Waals surface area contributed by atoms with Gasteiger partial charge in [0.1, 0.15) is 0 Å². The van der Waals surface area contributed by atoms with Gasteiger partial charge in [-0.3, -0.25) is 4.79 Å². The minimum absolute atomic E-state index is 0.0141. The Bertz CT molecular complexity index is 498. The van der Waals surface area contributed by atoms with Crippen LogP contribution in [0.1, 0.15) is 36.0 Å². The molecule has 1 aromatic rings. The molecular weight excluding hydrogens is 256 g/mol. The Balaban J connectivity index is 2.11. The van der Waals surface area contributed by atoms with Crippen molar-refractivity contribution < 1.29 is 14.7 Å². The molecule has 2 unspecified atom stereocenters. The highest BCUT2D eigenvalue weighted by Crippen LogP contribution is 2.26. The second-order valence-electron chi connectivity index (χ2n) is 5.30. The lowest BCUT2D eigenvalue weighted by atomic mass is 9.84. The van der Waals surface area contributed by atoms with Gasteiger partial charge in [-0.25, -0.2) is 4.79 Å². The first-order valence-electron chi connectivity index (χ1n) is 6.87. The molecule has 0 radical (unpaired) electrons. The quantitative estimate of drug-likeness (QED) is 0.882. The first-order valence-corrected chi connectivity index (χ1v) is 6.87. The number of rotatable bonds is 3. The molecule has 108 valence electrons. The fraction of sp³-hybridized carbons (Fsp3) is 0.467. The van der Waals surface area contributed by atoms with Gasteiger partial charge in [-0.05, 0) is 37.1 Å². The number of benzene rings is 1. The zero-order chi connectivity index (χ0) is 14.7. The predicted octanol–water partition coefficient (Wildman–Crippen LogP) is 1.87. The molecule has 1 fully saturated rings. The molecule has 20 heavy (non-hydrogen) atoms. The number of carbonyl (C=O) groups excluding carboxylic acids is 1. The van der Waals surface area contributed by atoms with Crippen LogP contribution in [0.2, 0.25) is 0 Å². The normalized spacial score (nSPS) is 22.3. The average Bonchev–Trinajstić information content (AvgIpc) is 2.46. The molecule has 1 amide bonds. The van der Waals surface area contributed by atoms with E-state index in [0.717, 1.165) is 25.7 Å². The van der Waals surface area contributed by atoms with Crippen LogP contribution in [0.4, 0.5) is 5.69 Å². The SMILES string of the molecule is CN(C(=O)C1CCCCC1N)c1ccc(C(=O)O)cc1. The van der Waals surface area contributed by atoms with Crippen LogP contribution in [0, 0.1) is 5.92 Å². The standard InChI is InChI=1S/C15H20N2O3/c1-17(11-8-6-10(7-9-11)15(19)20)14(18)12-4-2-3-5-13(12)16/h6-9,12-13H,2-5,16H2,1H3,(H,19,20). The molecule has 0 heterocycles. The van der Waals surface area contributed by atoms with E-state index in [0.29, 0.717) is 5.69 Å². The molecule has 0 bridgehead atoms.